The van der Waals surface area contributed by atoms with Crippen LogP contribution in [0, 0.1) is 0 Å². The summed E-state index contributed by atoms with van der Waals surface area (Å²) in [7, 11) is 0. The van der Waals surface area contributed by atoms with Gasteiger partial charge in [0.2, 0.25) is 0 Å². The molecule has 1 aliphatic rings. The van der Waals surface area contributed by atoms with Crippen LogP contribution in [0.1, 0.15) is 5.56 Å². The zero-order valence-electron chi connectivity index (χ0n) is 14.7. The van der Waals surface area contributed by atoms with Crippen LogP contribution >= 0.6 is 27.7 Å². The number of para-hydroxylation sites is 1. The molecule has 28 heavy (non-hydrogen) atoms. The maximum absolute atomic E-state index is 12.2. The van der Waals surface area contributed by atoms with E-state index in [4.69, 9.17) is 0 Å². The van der Waals surface area contributed by atoms with Gasteiger partial charge in [-0.3, -0.25) is 4.79 Å². The van der Waals surface area contributed by atoms with Gasteiger partial charge in [-0.05, 0) is 71.9 Å². The lowest BCUT2D eigenvalue weighted by Crippen LogP contribution is -2.19. The van der Waals surface area contributed by atoms with E-state index in [9.17, 15) is 4.79 Å². The van der Waals surface area contributed by atoms with Crippen LogP contribution in [0.25, 0.3) is 6.08 Å². The average molecular weight is 450 g/mol. The van der Waals surface area contributed by atoms with Crippen LogP contribution in [0.2, 0.25) is 0 Å². The van der Waals surface area contributed by atoms with Gasteiger partial charge in [0, 0.05) is 15.8 Å². The minimum absolute atomic E-state index is 0.131. The molecular formula is C22H16BrN3OS. The van der Waals surface area contributed by atoms with Crippen molar-refractivity contribution in [3.63, 3.8) is 0 Å². The molecule has 1 saturated heterocycles. The molecule has 2 N–H and O–H groups in total. The van der Waals surface area contributed by atoms with Crippen molar-refractivity contribution in [2.75, 3.05) is 5.32 Å². The lowest BCUT2D eigenvalue weighted by Gasteiger charge is -2.06. The smallest absolute Gasteiger partial charge is 0.264 e. The summed E-state index contributed by atoms with van der Waals surface area (Å²) in [6, 6.07) is 25.6. The summed E-state index contributed by atoms with van der Waals surface area (Å²) >= 11 is 4.75. The van der Waals surface area contributed by atoms with Crippen LogP contribution < -0.4 is 10.6 Å². The molecule has 1 aliphatic heterocycles. The van der Waals surface area contributed by atoms with E-state index in [1.165, 1.54) is 11.8 Å². The number of hydrogen-bond donors (Lipinski definition) is 2. The molecule has 0 spiro atoms. The van der Waals surface area contributed by atoms with Crippen molar-refractivity contribution in [3.05, 3.63) is 93.8 Å². The molecule has 0 radical (unpaired) electrons. The summed E-state index contributed by atoms with van der Waals surface area (Å²) in [4.78, 5) is 17.4. The number of carbonyl (C=O) groups excluding carboxylic acids is 1. The van der Waals surface area contributed by atoms with Crippen molar-refractivity contribution in [2.24, 2.45) is 4.99 Å². The Balaban J connectivity index is 1.45. The maximum atomic E-state index is 12.2. The number of halogens is 1. The second-order valence-corrected chi connectivity index (χ2v) is 8.02. The Morgan fingerprint density at radius 2 is 1.57 bits per heavy atom. The largest absolute Gasteiger partial charge is 0.356 e. The fourth-order valence-corrected chi connectivity index (χ4v) is 3.72. The number of benzene rings is 3. The normalized spacial score (nSPS) is 16.4. The Labute approximate surface area is 175 Å². The molecule has 0 unspecified atom stereocenters. The number of rotatable bonds is 4. The molecule has 4 rings (SSSR count). The van der Waals surface area contributed by atoms with Gasteiger partial charge < -0.3 is 10.6 Å². The zero-order chi connectivity index (χ0) is 19.3. The summed E-state index contributed by atoms with van der Waals surface area (Å²) in [5.41, 5.74) is 3.77. The van der Waals surface area contributed by atoms with Gasteiger partial charge in [0.25, 0.3) is 5.91 Å². The first-order chi connectivity index (χ1) is 13.7. The van der Waals surface area contributed by atoms with Gasteiger partial charge in [0.15, 0.2) is 5.17 Å². The van der Waals surface area contributed by atoms with Crippen molar-refractivity contribution < 1.29 is 4.79 Å². The molecule has 1 amide bonds. The first-order valence-corrected chi connectivity index (χ1v) is 10.2. The monoisotopic (exact) mass is 449 g/mol. The van der Waals surface area contributed by atoms with Crippen LogP contribution in [0.15, 0.2) is 93.2 Å². The molecule has 1 fully saturated rings. The number of thioether (sulfide) groups is 1. The molecule has 0 atom stereocenters. The highest BCUT2D eigenvalue weighted by Crippen LogP contribution is 2.29. The highest BCUT2D eigenvalue weighted by molar-refractivity contribution is 9.10. The van der Waals surface area contributed by atoms with Gasteiger partial charge in [0.1, 0.15) is 0 Å². The average Bonchev–Trinajstić information content (AvgIpc) is 3.05. The molecule has 3 aromatic carbocycles. The van der Waals surface area contributed by atoms with Crippen molar-refractivity contribution in [1.82, 2.24) is 5.32 Å². The Hall–Kier alpha value is -2.83. The minimum Gasteiger partial charge on any atom is -0.356 e. The number of carbonyl (C=O) groups is 1. The molecule has 0 saturated carbocycles. The Bertz CT molecular complexity index is 1050. The van der Waals surface area contributed by atoms with Crippen molar-refractivity contribution in [2.45, 2.75) is 0 Å². The lowest BCUT2D eigenvalue weighted by molar-refractivity contribution is -0.115. The van der Waals surface area contributed by atoms with E-state index >= 15 is 0 Å². The second-order valence-electron chi connectivity index (χ2n) is 6.07. The Morgan fingerprint density at radius 3 is 2.29 bits per heavy atom. The van der Waals surface area contributed by atoms with E-state index in [0.29, 0.717) is 10.1 Å². The van der Waals surface area contributed by atoms with E-state index in [1.54, 1.807) is 0 Å². The third kappa shape index (κ3) is 4.71. The summed E-state index contributed by atoms with van der Waals surface area (Å²) in [6.45, 7) is 0. The molecule has 4 nitrogen and oxygen atoms in total. The van der Waals surface area contributed by atoms with Gasteiger partial charge in [-0.1, -0.05) is 46.3 Å². The fourth-order valence-electron chi connectivity index (χ4n) is 2.62. The topological polar surface area (TPSA) is 53.5 Å². The molecule has 0 aliphatic carbocycles. The van der Waals surface area contributed by atoms with Gasteiger partial charge in [-0.2, -0.15) is 0 Å². The second kappa shape index (κ2) is 8.46. The van der Waals surface area contributed by atoms with Crippen molar-refractivity contribution >= 4 is 61.9 Å². The van der Waals surface area contributed by atoms with Crippen LogP contribution in [-0.4, -0.2) is 11.1 Å². The molecule has 3 aromatic rings. The first kappa shape index (κ1) is 18.5. The van der Waals surface area contributed by atoms with Crippen LogP contribution in [0.4, 0.5) is 17.1 Å². The van der Waals surface area contributed by atoms with E-state index in [-0.39, 0.29) is 5.91 Å². The first-order valence-electron chi connectivity index (χ1n) is 8.63. The number of nitrogens with one attached hydrogen (secondary N) is 2. The molecular weight excluding hydrogens is 434 g/mol. The molecule has 0 bridgehead atoms. The number of aliphatic imine (C=N–C) groups is 1. The van der Waals surface area contributed by atoms with E-state index in [0.717, 1.165) is 27.1 Å². The van der Waals surface area contributed by atoms with E-state index in [1.807, 2.05) is 84.9 Å². The molecule has 1 heterocycles. The van der Waals surface area contributed by atoms with Crippen LogP contribution in [0.3, 0.4) is 0 Å². The SMILES string of the molecule is O=C1NC(=Nc2ccc(Nc3ccccc3)cc2)S/C1=C\c1ccc(Br)cc1. The highest BCUT2D eigenvalue weighted by atomic mass is 79.9. The third-order valence-electron chi connectivity index (χ3n) is 3.98. The fraction of sp³-hybridized carbons (Fsp3) is 0. The standard InChI is InChI=1S/C22H16BrN3OS/c23-16-8-6-15(7-9-16)14-20-21(27)26-22(28-20)25-19-12-10-18(11-13-19)24-17-4-2-1-3-5-17/h1-14,24H,(H,25,26,27)/b20-14-. The predicted octanol–water partition coefficient (Wildman–Crippen LogP) is 6.08. The Morgan fingerprint density at radius 1 is 0.893 bits per heavy atom. The van der Waals surface area contributed by atoms with E-state index in [2.05, 4.69) is 31.6 Å². The van der Waals surface area contributed by atoms with Gasteiger partial charge >= 0.3 is 0 Å². The lowest BCUT2D eigenvalue weighted by atomic mass is 10.2. The molecule has 0 aromatic heterocycles. The number of nitrogens with zero attached hydrogens (tertiary/aromatic N) is 1. The summed E-state index contributed by atoms with van der Waals surface area (Å²) in [6.07, 6.45) is 1.86. The highest BCUT2D eigenvalue weighted by Gasteiger charge is 2.23. The van der Waals surface area contributed by atoms with Gasteiger partial charge in [0.05, 0.1) is 10.6 Å². The van der Waals surface area contributed by atoms with Crippen molar-refractivity contribution in [1.29, 1.82) is 0 Å². The molecule has 138 valence electrons. The Kier molecular flexibility index (Phi) is 5.60. The number of anilines is 2. The maximum Gasteiger partial charge on any atom is 0.264 e. The zero-order valence-corrected chi connectivity index (χ0v) is 17.1. The molecule has 6 heteroatoms. The summed E-state index contributed by atoms with van der Waals surface area (Å²) in [5, 5.41) is 6.73. The van der Waals surface area contributed by atoms with Crippen LogP contribution in [0.5, 0.6) is 0 Å². The summed E-state index contributed by atoms with van der Waals surface area (Å²) < 4.78 is 1.01. The van der Waals surface area contributed by atoms with Gasteiger partial charge in [-0.15, -0.1) is 0 Å². The van der Waals surface area contributed by atoms with Gasteiger partial charge in [-0.25, -0.2) is 4.99 Å². The summed E-state index contributed by atoms with van der Waals surface area (Å²) in [5.74, 6) is -0.131. The quantitative estimate of drug-likeness (QED) is 0.474. The van der Waals surface area contributed by atoms with Crippen molar-refractivity contribution in [3.8, 4) is 0 Å². The van der Waals surface area contributed by atoms with E-state index < -0.39 is 0 Å². The number of hydrogen-bond acceptors (Lipinski definition) is 4. The number of amides is 1. The minimum atomic E-state index is -0.131. The predicted molar refractivity (Wildman–Crippen MR) is 121 cm³/mol. The third-order valence-corrected chi connectivity index (χ3v) is 5.42. The van der Waals surface area contributed by atoms with Crippen LogP contribution in [-0.2, 0) is 4.79 Å². The number of amidine groups is 1.